The quantitative estimate of drug-likeness (QED) is 0.265. The number of carbonyl (C=O) groups excluding carboxylic acids is 1. The molecule has 5 rings (SSSR count). The monoisotopic (exact) mass is 520 g/mol. The normalized spacial score (nSPS) is 39.3. The Labute approximate surface area is 232 Å². The van der Waals surface area contributed by atoms with Gasteiger partial charge >= 0.3 is 5.97 Å². The van der Waals surface area contributed by atoms with Crippen molar-refractivity contribution in [3.05, 3.63) is 36.1 Å². The molecular weight excluding hydrogens is 468 g/mol. The van der Waals surface area contributed by atoms with Gasteiger partial charge < -0.3 is 9.47 Å². The lowest BCUT2D eigenvalue weighted by atomic mass is 9.44. The zero-order valence-corrected chi connectivity index (χ0v) is 24.9. The number of carbonyl (C=O) groups is 1. The Morgan fingerprint density at radius 3 is 2.37 bits per heavy atom. The van der Waals surface area contributed by atoms with Crippen molar-refractivity contribution >= 4 is 12.0 Å². The molecule has 0 radical (unpaired) electrons. The van der Waals surface area contributed by atoms with E-state index in [9.17, 15) is 4.79 Å². The molecule has 210 valence electrons. The molecule has 1 aromatic rings. The SMILES string of the molecule is CCOc1ccc(/C=C/OC(=O)C2CCC3(C)C(CCC4C3CCC3(C)C(C(C)C(C)C)CCC43)C2)cc1. The van der Waals surface area contributed by atoms with Gasteiger partial charge in [-0.1, -0.05) is 46.8 Å². The maximum atomic E-state index is 13.0. The van der Waals surface area contributed by atoms with Crippen molar-refractivity contribution in [2.75, 3.05) is 6.61 Å². The molecule has 9 unspecified atom stereocenters. The lowest BCUT2D eigenvalue weighted by Gasteiger charge is -2.61. The van der Waals surface area contributed by atoms with Gasteiger partial charge in [-0.15, -0.1) is 0 Å². The molecule has 0 heterocycles. The third-order valence-corrected chi connectivity index (χ3v) is 12.4. The Hall–Kier alpha value is -1.77. The zero-order chi connectivity index (χ0) is 27.1. The predicted molar refractivity (Wildman–Crippen MR) is 155 cm³/mol. The van der Waals surface area contributed by atoms with Crippen molar-refractivity contribution < 1.29 is 14.3 Å². The molecule has 3 heteroatoms. The highest BCUT2D eigenvalue weighted by Crippen LogP contribution is 2.68. The molecule has 0 spiro atoms. The molecule has 3 nitrogen and oxygen atoms in total. The van der Waals surface area contributed by atoms with Crippen LogP contribution in [-0.2, 0) is 9.53 Å². The maximum Gasteiger partial charge on any atom is 0.313 e. The standard InChI is InChI=1S/C35H52O3/c1-7-37-28-11-8-25(9-12-28)18-21-38-33(36)26-16-19-34(5)27(22-26)10-13-29-31-15-14-30(24(4)23(2)3)35(31,6)20-17-32(29)34/h8-9,11-12,18,21,23-24,26-27,29-32H,7,10,13-17,19-20,22H2,1-6H3/b21-18+. The van der Waals surface area contributed by atoms with Gasteiger partial charge in [0.15, 0.2) is 0 Å². The average Bonchev–Trinajstić information content (AvgIpc) is 3.26. The molecule has 38 heavy (non-hydrogen) atoms. The highest BCUT2D eigenvalue weighted by molar-refractivity contribution is 5.73. The summed E-state index contributed by atoms with van der Waals surface area (Å²) in [6.45, 7) is 15.3. The van der Waals surface area contributed by atoms with E-state index in [-0.39, 0.29) is 11.9 Å². The Morgan fingerprint density at radius 1 is 0.947 bits per heavy atom. The van der Waals surface area contributed by atoms with Crippen LogP contribution >= 0.6 is 0 Å². The third kappa shape index (κ3) is 4.97. The highest BCUT2D eigenvalue weighted by Gasteiger charge is 2.61. The third-order valence-electron chi connectivity index (χ3n) is 12.4. The summed E-state index contributed by atoms with van der Waals surface area (Å²) in [5.41, 5.74) is 1.96. The van der Waals surface area contributed by atoms with E-state index >= 15 is 0 Å². The number of fused-ring (bicyclic) bond motifs is 5. The van der Waals surface area contributed by atoms with Crippen LogP contribution in [0.1, 0.15) is 105 Å². The minimum Gasteiger partial charge on any atom is -0.494 e. The van der Waals surface area contributed by atoms with Gasteiger partial charge in [0.2, 0.25) is 0 Å². The van der Waals surface area contributed by atoms with Gasteiger partial charge in [-0.2, -0.15) is 0 Å². The van der Waals surface area contributed by atoms with Crippen molar-refractivity contribution in [1.82, 2.24) is 0 Å². The molecule has 9 atom stereocenters. The summed E-state index contributed by atoms with van der Waals surface area (Å²) in [5, 5.41) is 0. The minimum absolute atomic E-state index is 0.0334. The summed E-state index contributed by atoms with van der Waals surface area (Å²) in [7, 11) is 0. The summed E-state index contributed by atoms with van der Waals surface area (Å²) >= 11 is 0. The van der Waals surface area contributed by atoms with Crippen LogP contribution in [-0.4, -0.2) is 12.6 Å². The predicted octanol–water partition coefficient (Wildman–Crippen LogP) is 9.17. The van der Waals surface area contributed by atoms with Gasteiger partial charge in [0, 0.05) is 0 Å². The van der Waals surface area contributed by atoms with Crippen LogP contribution in [0.4, 0.5) is 0 Å². The van der Waals surface area contributed by atoms with E-state index in [1.165, 1.54) is 44.9 Å². The maximum absolute atomic E-state index is 13.0. The Morgan fingerprint density at radius 2 is 1.66 bits per heavy atom. The summed E-state index contributed by atoms with van der Waals surface area (Å²) in [5.74, 6) is 6.74. The fourth-order valence-corrected chi connectivity index (χ4v) is 9.96. The first-order valence-corrected chi connectivity index (χ1v) is 15.8. The van der Waals surface area contributed by atoms with E-state index in [1.54, 1.807) is 6.26 Å². The van der Waals surface area contributed by atoms with Gasteiger partial charge in [-0.3, -0.25) is 4.79 Å². The van der Waals surface area contributed by atoms with Crippen molar-refractivity contribution in [2.24, 2.45) is 58.2 Å². The Kier molecular flexibility index (Phi) is 8.05. The number of benzene rings is 1. The molecular formula is C35H52O3. The second kappa shape index (κ2) is 11.0. The molecule has 0 saturated heterocycles. The molecule has 0 amide bonds. The van der Waals surface area contributed by atoms with Crippen LogP contribution in [0.5, 0.6) is 5.75 Å². The van der Waals surface area contributed by atoms with Gasteiger partial charge in [0.25, 0.3) is 0 Å². The van der Waals surface area contributed by atoms with Crippen LogP contribution < -0.4 is 4.74 Å². The lowest BCUT2D eigenvalue weighted by Crippen LogP contribution is -2.54. The van der Waals surface area contributed by atoms with Crippen LogP contribution in [0.2, 0.25) is 0 Å². The Balaban J connectivity index is 1.19. The molecule has 4 fully saturated rings. The summed E-state index contributed by atoms with van der Waals surface area (Å²) < 4.78 is 11.2. The molecule has 4 aliphatic carbocycles. The van der Waals surface area contributed by atoms with Gasteiger partial charge in [0.1, 0.15) is 5.75 Å². The fraction of sp³-hybridized carbons (Fsp3) is 0.743. The largest absolute Gasteiger partial charge is 0.494 e. The van der Waals surface area contributed by atoms with Gasteiger partial charge in [-0.25, -0.2) is 0 Å². The Bertz CT molecular complexity index is 995. The van der Waals surface area contributed by atoms with E-state index in [1.807, 2.05) is 37.3 Å². The first kappa shape index (κ1) is 27.8. The fourth-order valence-electron chi connectivity index (χ4n) is 9.96. The van der Waals surface area contributed by atoms with Crippen LogP contribution in [0.3, 0.4) is 0 Å². The van der Waals surface area contributed by atoms with Crippen LogP contribution in [0, 0.1) is 58.2 Å². The van der Waals surface area contributed by atoms with Crippen molar-refractivity contribution in [1.29, 1.82) is 0 Å². The van der Waals surface area contributed by atoms with Crippen molar-refractivity contribution in [3.8, 4) is 5.75 Å². The number of esters is 1. The van der Waals surface area contributed by atoms with Gasteiger partial charge in [-0.05, 0) is 141 Å². The average molecular weight is 521 g/mol. The molecule has 0 aromatic heterocycles. The molecule has 4 aliphatic rings. The molecule has 0 bridgehead atoms. The first-order valence-electron chi connectivity index (χ1n) is 15.8. The zero-order valence-electron chi connectivity index (χ0n) is 24.9. The molecule has 1 aromatic carbocycles. The number of hydrogen-bond acceptors (Lipinski definition) is 3. The topological polar surface area (TPSA) is 35.5 Å². The minimum atomic E-state index is -0.0334. The summed E-state index contributed by atoms with van der Waals surface area (Å²) in [6.07, 6.45) is 15.1. The second-order valence-corrected chi connectivity index (χ2v) is 14.2. The number of ether oxygens (including phenoxy) is 2. The molecule has 4 saturated carbocycles. The van der Waals surface area contributed by atoms with E-state index < -0.39 is 0 Å². The van der Waals surface area contributed by atoms with E-state index in [0.29, 0.717) is 23.4 Å². The van der Waals surface area contributed by atoms with Crippen molar-refractivity contribution in [3.63, 3.8) is 0 Å². The second-order valence-electron chi connectivity index (χ2n) is 14.2. The highest BCUT2D eigenvalue weighted by atomic mass is 16.5. The van der Waals surface area contributed by atoms with E-state index in [0.717, 1.165) is 59.7 Å². The van der Waals surface area contributed by atoms with E-state index in [2.05, 4.69) is 34.6 Å². The smallest absolute Gasteiger partial charge is 0.313 e. The number of rotatable bonds is 7. The van der Waals surface area contributed by atoms with Crippen LogP contribution in [0.25, 0.3) is 6.08 Å². The first-order chi connectivity index (χ1) is 18.2. The lowest BCUT2D eigenvalue weighted by molar-refractivity contribution is -0.153. The van der Waals surface area contributed by atoms with Crippen molar-refractivity contribution in [2.45, 2.75) is 99.3 Å². The van der Waals surface area contributed by atoms with Crippen LogP contribution in [0.15, 0.2) is 30.5 Å². The van der Waals surface area contributed by atoms with Gasteiger partial charge in [0.05, 0.1) is 18.8 Å². The number of hydrogen-bond donors (Lipinski definition) is 0. The summed E-state index contributed by atoms with van der Waals surface area (Å²) in [6, 6.07) is 7.89. The molecule has 0 N–H and O–H groups in total. The molecule has 0 aliphatic heterocycles. The van der Waals surface area contributed by atoms with E-state index in [4.69, 9.17) is 9.47 Å². The summed E-state index contributed by atoms with van der Waals surface area (Å²) in [4.78, 5) is 13.0.